The number of fused-ring (bicyclic) bond motifs is 5. The lowest BCUT2D eigenvalue weighted by Gasteiger charge is -1.99. The third-order valence-corrected chi connectivity index (χ3v) is 4.39. The monoisotopic (exact) mass is 344 g/mol. The Hall–Kier alpha value is -1.62. The summed E-state index contributed by atoms with van der Waals surface area (Å²) < 4.78 is 2.18. The van der Waals surface area contributed by atoms with E-state index < -0.39 is 0 Å². The van der Waals surface area contributed by atoms with Crippen molar-refractivity contribution in [3.63, 3.8) is 0 Å². The van der Waals surface area contributed by atoms with E-state index in [2.05, 4.69) is 73.1 Å². The van der Waals surface area contributed by atoms with Gasteiger partial charge in [-0.3, -0.25) is 7.76 Å². The van der Waals surface area contributed by atoms with E-state index in [1.165, 1.54) is 27.2 Å². The van der Waals surface area contributed by atoms with Gasteiger partial charge in [-0.1, -0.05) is 36.4 Å². The molecule has 0 fully saturated rings. The molecule has 0 spiro atoms. The number of rotatable bonds is 0. The number of benzene rings is 2. The van der Waals surface area contributed by atoms with Crippen molar-refractivity contribution in [3.05, 3.63) is 54.7 Å². The van der Waals surface area contributed by atoms with Crippen molar-refractivity contribution in [1.29, 1.82) is 0 Å². The number of nitrogens with zero attached hydrogens (tertiary/aromatic N) is 2. The van der Waals surface area contributed by atoms with Gasteiger partial charge in [0.2, 0.25) is 0 Å². The number of para-hydroxylation sites is 2. The summed E-state index contributed by atoms with van der Waals surface area (Å²) in [6.07, 6.45) is 1.96. The van der Waals surface area contributed by atoms with Gasteiger partial charge in [0.25, 0.3) is 0 Å². The molecule has 3 heteroatoms. The second-order valence-electron chi connectivity index (χ2n) is 4.33. The van der Waals surface area contributed by atoms with E-state index in [-0.39, 0.29) is 0 Å². The zero-order valence-corrected chi connectivity index (χ0v) is 11.6. The van der Waals surface area contributed by atoms with Gasteiger partial charge in [-0.05, 0) is 12.1 Å². The molecule has 86 valence electrons. The Morgan fingerprint density at radius 3 is 2.44 bits per heavy atom. The lowest BCUT2D eigenvalue weighted by Crippen LogP contribution is -1.81. The van der Waals surface area contributed by atoms with Gasteiger partial charge in [-0.2, -0.15) is 0 Å². The first kappa shape index (κ1) is 10.3. The van der Waals surface area contributed by atoms with Crippen LogP contribution in [0.5, 0.6) is 0 Å². The highest BCUT2D eigenvalue weighted by atomic mass is 127. The summed E-state index contributed by atoms with van der Waals surface area (Å²) in [6.45, 7) is 0. The predicted octanol–water partition coefficient (Wildman–Crippen LogP) is 4.54. The summed E-state index contributed by atoms with van der Waals surface area (Å²) in [4.78, 5) is 4.54. The van der Waals surface area contributed by atoms with E-state index in [1.54, 1.807) is 0 Å². The Kier molecular flexibility index (Phi) is 2.11. The van der Waals surface area contributed by atoms with E-state index in [0.717, 1.165) is 5.52 Å². The largest absolute Gasteiger partial charge is 0.280 e. The molecule has 0 aliphatic rings. The molecule has 0 saturated heterocycles. The highest BCUT2D eigenvalue weighted by molar-refractivity contribution is 14.1. The molecule has 2 nitrogen and oxygen atoms in total. The fourth-order valence-electron chi connectivity index (χ4n) is 2.55. The number of pyridine rings is 1. The van der Waals surface area contributed by atoms with Crippen LogP contribution in [0.25, 0.3) is 32.7 Å². The number of aromatic nitrogens is 2. The molecule has 0 saturated carbocycles. The molecular weight excluding hydrogens is 335 g/mol. The third-order valence-electron chi connectivity index (χ3n) is 3.35. The highest BCUT2D eigenvalue weighted by Crippen LogP contribution is 2.34. The van der Waals surface area contributed by atoms with Gasteiger partial charge < -0.3 is 0 Å². The SMILES string of the molecule is In1c2ccccc2c2c3ccccc3ncc21. The third kappa shape index (κ3) is 1.25. The van der Waals surface area contributed by atoms with Crippen molar-refractivity contribution in [3.8, 4) is 0 Å². The van der Waals surface area contributed by atoms with E-state index in [4.69, 9.17) is 0 Å². The smallest absolute Gasteiger partial charge is 0.0780 e. The zero-order chi connectivity index (χ0) is 12.1. The van der Waals surface area contributed by atoms with Crippen LogP contribution in [0.2, 0.25) is 0 Å². The Balaban J connectivity index is 2.41. The predicted molar refractivity (Wildman–Crippen MR) is 84.2 cm³/mol. The van der Waals surface area contributed by atoms with Crippen LogP contribution in [0.15, 0.2) is 54.7 Å². The van der Waals surface area contributed by atoms with Gasteiger partial charge in [-0.25, -0.2) is 0 Å². The quantitative estimate of drug-likeness (QED) is 0.428. The first-order valence-electron chi connectivity index (χ1n) is 5.79. The highest BCUT2D eigenvalue weighted by Gasteiger charge is 2.11. The minimum Gasteiger partial charge on any atom is -0.280 e. The van der Waals surface area contributed by atoms with Crippen molar-refractivity contribution < 1.29 is 0 Å². The molecule has 18 heavy (non-hydrogen) atoms. The second kappa shape index (κ2) is 3.68. The molecule has 2 heterocycles. The molecule has 4 rings (SSSR count). The van der Waals surface area contributed by atoms with Crippen LogP contribution in [-0.2, 0) is 0 Å². The molecule has 0 amide bonds. The van der Waals surface area contributed by atoms with Crippen molar-refractivity contribution in [2.45, 2.75) is 0 Å². The van der Waals surface area contributed by atoms with Crippen LogP contribution in [0.4, 0.5) is 0 Å². The fraction of sp³-hybridized carbons (Fsp3) is 0. The Labute approximate surface area is 118 Å². The Bertz CT molecular complexity index is 893. The van der Waals surface area contributed by atoms with E-state index >= 15 is 0 Å². The standard InChI is InChI=1S/C15H9IN2/c16-18-13-8-4-2-6-11(13)15-10-5-1-3-7-12(10)17-9-14(15)18/h1-9H. The van der Waals surface area contributed by atoms with Crippen molar-refractivity contribution >= 4 is 55.6 Å². The Morgan fingerprint density at radius 1 is 0.833 bits per heavy atom. The molecule has 0 N–H and O–H groups in total. The maximum Gasteiger partial charge on any atom is 0.0780 e. The van der Waals surface area contributed by atoms with E-state index in [9.17, 15) is 0 Å². The number of hydrogen-bond donors (Lipinski definition) is 0. The maximum absolute atomic E-state index is 4.54. The molecule has 0 aliphatic carbocycles. The first-order chi connectivity index (χ1) is 8.86. The van der Waals surface area contributed by atoms with E-state index in [0.29, 0.717) is 0 Å². The molecule has 0 radical (unpaired) electrons. The summed E-state index contributed by atoms with van der Waals surface area (Å²) in [5.74, 6) is 0. The molecule has 0 bridgehead atoms. The minimum absolute atomic E-state index is 1.05. The van der Waals surface area contributed by atoms with Crippen LogP contribution in [0.1, 0.15) is 0 Å². The lowest BCUT2D eigenvalue weighted by atomic mass is 10.1. The van der Waals surface area contributed by atoms with Gasteiger partial charge in [0.15, 0.2) is 0 Å². The Morgan fingerprint density at radius 2 is 1.56 bits per heavy atom. The average molecular weight is 344 g/mol. The molecular formula is C15H9IN2. The topological polar surface area (TPSA) is 17.8 Å². The van der Waals surface area contributed by atoms with Crippen LogP contribution >= 0.6 is 22.9 Å². The summed E-state index contributed by atoms with van der Waals surface area (Å²) in [7, 11) is 0. The van der Waals surface area contributed by atoms with Crippen molar-refractivity contribution in [2.24, 2.45) is 0 Å². The number of halogens is 1. The minimum atomic E-state index is 1.05. The van der Waals surface area contributed by atoms with Crippen LogP contribution in [0, 0.1) is 0 Å². The summed E-state index contributed by atoms with van der Waals surface area (Å²) in [5, 5.41) is 3.81. The first-order valence-corrected chi connectivity index (χ1v) is 6.76. The van der Waals surface area contributed by atoms with Gasteiger partial charge in [0, 0.05) is 16.2 Å². The normalized spacial score (nSPS) is 11.6. The van der Waals surface area contributed by atoms with E-state index in [1.807, 2.05) is 12.3 Å². The fourth-order valence-corrected chi connectivity index (χ4v) is 3.34. The molecule has 2 aromatic carbocycles. The zero-order valence-electron chi connectivity index (χ0n) is 9.47. The number of hydrogen-bond acceptors (Lipinski definition) is 1. The van der Waals surface area contributed by atoms with Gasteiger partial charge in [0.1, 0.15) is 0 Å². The molecule has 2 aromatic heterocycles. The molecule has 0 atom stereocenters. The van der Waals surface area contributed by atoms with Crippen molar-refractivity contribution in [1.82, 2.24) is 7.76 Å². The molecule has 0 aliphatic heterocycles. The van der Waals surface area contributed by atoms with Crippen LogP contribution in [0.3, 0.4) is 0 Å². The maximum atomic E-state index is 4.54. The second-order valence-corrected chi connectivity index (χ2v) is 5.30. The van der Waals surface area contributed by atoms with Gasteiger partial charge in [0.05, 0.1) is 45.6 Å². The van der Waals surface area contributed by atoms with Crippen LogP contribution in [-0.4, -0.2) is 7.76 Å². The van der Waals surface area contributed by atoms with Crippen molar-refractivity contribution in [2.75, 3.05) is 0 Å². The van der Waals surface area contributed by atoms with Gasteiger partial charge in [-0.15, -0.1) is 0 Å². The average Bonchev–Trinajstić information content (AvgIpc) is 2.73. The lowest BCUT2D eigenvalue weighted by molar-refractivity contribution is 1.40. The summed E-state index contributed by atoms with van der Waals surface area (Å²) >= 11 is 2.34. The van der Waals surface area contributed by atoms with Gasteiger partial charge >= 0.3 is 0 Å². The molecule has 0 unspecified atom stereocenters. The van der Waals surface area contributed by atoms with Crippen LogP contribution < -0.4 is 0 Å². The molecule has 4 aromatic rings. The summed E-state index contributed by atoms with van der Waals surface area (Å²) in [5.41, 5.74) is 3.47. The summed E-state index contributed by atoms with van der Waals surface area (Å²) in [6, 6.07) is 16.8.